The van der Waals surface area contributed by atoms with E-state index in [0.717, 1.165) is 11.4 Å². The molecule has 148 valence electrons. The van der Waals surface area contributed by atoms with Crippen LogP contribution in [-0.4, -0.2) is 37.4 Å². The van der Waals surface area contributed by atoms with Crippen LogP contribution in [0.2, 0.25) is 0 Å². The summed E-state index contributed by atoms with van der Waals surface area (Å²) in [6.07, 6.45) is -0.458. The van der Waals surface area contributed by atoms with Crippen molar-refractivity contribution in [1.82, 2.24) is 5.32 Å². The largest absolute Gasteiger partial charge is 0.497 e. The topological polar surface area (TPSA) is 98.0 Å². The minimum absolute atomic E-state index is 0. The van der Waals surface area contributed by atoms with Gasteiger partial charge in [-0.05, 0) is 38.8 Å². The number of carbonyl (C=O) groups is 1. The second kappa shape index (κ2) is 11.1. The van der Waals surface area contributed by atoms with Crippen LogP contribution in [0.4, 0.5) is 10.5 Å². The molecule has 0 spiro atoms. The quantitative estimate of drug-likeness (QED) is 0.330. The zero-order valence-electron chi connectivity index (χ0n) is 16.3. The van der Waals surface area contributed by atoms with Crippen molar-refractivity contribution >= 4 is 41.7 Å². The molecular weight excluding hydrogens is 447 g/mol. The molecule has 1 aromatic rings. The summed E-state index contributed by atoms with van der Waals surface area (Å²) < 4.78 is 10.5. The Morgan fingerprint density at radius 2 is 1.96 bits per heavy atom. The Morgan fingerprint density at radius 3 is 2.50 bits per heavy atom. The molecule has 0 aromatic heterocycles. The SMILES string of the molecule is COc1cccc(NC(N)=NCC(NC(=O)OC(C)(C)C)C(C)C)c1.I. The number of aliphatic imine (C=N–C) groups is 1. The van der Waals surface area contributed by atoms with Gasteiger partial charge in [-0.3, -0.25) is 4.99 Å². The van der Waals surface area contributed by atoms with Crippen LogP contribution in [0.1, 0.15) is 34.6 Å². The van der Waals surface area contributed by atoms with Crippen molar-refractivity contribution in [1.29, 1.82) is 0 Å². The lowest BCUT2D eigenvalue weighted by molar-refractivity contribution is 0.0493. The van der Waals surface area contributed by atoms with E-state index in [9.17, 15) is 4.79 Å². The summed E-state index contributed by atoms with van der Waals surface area (Å²) in [4.78, 5) is 16.3. The molecule has 1 unspecified atom stereocenters. The molecule has 8 heteroatoms. The van der Waals surface area contributed by atoms with Crippen LogP contribution in [0.5, 0.6) is 5.75 Å². The smallest absolute Gasteiger partial charge is 0.407 e. The number of hydrogen-bond donors (Lipinski definition) is 3. The third-order valence-corrected chi connectivity index (χ3v) is 3.31. The van der Waals surface area contributed by atoms with Crippen molar-refractivity contribution in [2.24, 2.45) is 16.6 Å². The molecule has 26 heavy (non-hydrogen) atoms. The Kier molecular flexibility index (Phi) is 10.4. The number of nitrogens with one attached hydrogen (secondary N) is 2. The number of alkyl carbamates (subject to hydrolysis) is 1. The van der Waals surface area contributed by atoms with Gasteiger partial charge in [-0.15, -0.1) is 24.0 Å². The van der Waals surface area contributed by atoms with Gasteiger partial charge in [-0.1, -0.05) is 19.9 Å². The molecule has 0 saturated heterocycles. The predicted molar refractivity (Wildman–Crippen MR) is 117 cm³/mol. The van der Waals surface area contributed by atoms with Crippen LogP contribution in [0.3, 0.4) is 0 Å². The summed E-state index contributed by atoms with van der Waals surface area (Å²) in [7, 11) is 1.60. The predicted octanol–water partition coefficient (Wildman–Crippen LogP) is 3.59. The third-order valence-electron chi connectivity index (χ3n) is 3.31. The standard InChI is InChI=1S/C18H30N4O3.HI/c1-12(2)15(22-17(23)25-18(3,4)5)11-20-16(19)21-13-8-7-9-14(10-13)24-6;/h7-10,12,15H,11H2,1-6H3,(H,22,23)(H3,19,20,21);1H. The van der Waals surface area contributed by atoms with Gasteiger partial charge in [0.15, 0.2) is 5.96 Å². The molecule has 0 fully saturated rings. The lowest BCUT2D eigenvalue weighted by atomic mass is 10.1. The summed E-state index contributed by atoms with van der Waals surface area (Å²) in [5.74, 6) is 1.18. The Hall–Kier alpha value is -1.71. The lowest BCUT2D eigenvalue weighted by Crippen LogP contribution is -2.44. The molecule has 4 N–H and O–H groups in total. The van der Waals surface area contributed by atoms with Gasteiger partial charge in [0.25, 0.3) is 0 Å². The van der Waals surface area contributed by atoms with E-state index in [1.165, 1.54) is 0 Å². The molecular formula is C18H31IN4O3. The molecule has 1 aromatic carbocycles. The number of rotatable bonds is 6. The normalized spacial score (nSPS) is 12.8. The monoisotopic (exact) mass is 478 g/mol. The van der Waals surface area contributed by atoms with E-state index in [2.05, 4.69) is 15.6 Å². The highest BCUT2D eigenvalue weighted by Crippen LogP contribution is 2.16. The molecule has 1 amide bonds. The van der Waals surface area contributed by atoms with Crippen molar-refractivity contribution in [2.45, 2.75) is 46.3 Å². The highest BCUT2D eigenvalue weighted by Gasteiger charge is 2.21. The van der Waals surface area contributed by atoms with Gasteiger partial charge in [0, 0.05) is 11.8 Å². The van der Waals surface area contributed by atoms with Gasteiger partial charge in [0.1, 0.15) is 11.4 Å². The number of halogens is 1. The van der Waals surface area contributed by atoms with Gasteiger partial charge >= 0.3 is 6.09 Å². The first-order valence-corrected chi connectivity index (χ1v) is 8.31. The number of anilines is 1. The number of nitrogens with zero attached hydrogens (tertiary/aromatic N) is 1. The van der Waals surface area contributed by atoms with Gasteiger partial charge < -0.3 is 25.8 Å². The molecule has 0 heterocycles. The maximum Gasteiger partial charge on any atom is 0.407 e. The minimum atomic E-state index is -0.540. The van der Waals surface area contributed by atoms with Gasteiger partial charge in [0.05, 0.1) is 19.7 Å². The van der Waals surface area contributed by atoms with Crippen LogP contribution in [0.25, 0.3) is 0 Å². The molecule has 0 saturated carbocycles. The van der Waals surface area contributed by atoms with Crippen LogP contribution >= 0.6 is 24.0 Å². The first kappa shape index (κ1) is 24.3. The third kappa shape index (κ3) is 9.69. The van der Waals surface area contributed by atoms with E-state index in [0.29, 0.717) is 6.54 Å². The number of carbonyl (C=O) groups excluding carboxylic acids is 1. The average molecular weight is 478 g/mol. The number of amides is 1. The summed E-state index contributed by atoms with van der Waals surface area (Å²) in [6.45, 7) is 9.83. The first-order chi connectivity index (χ1) is 11.6. The molecule has 0 radical (unpaired) electrons. The van der Waals surface area contributed by atoms with Crippen molar-refractivity contribution in [3.05, 3.63) is 24.3 Å². The Bertz CT molecular complexity index is 600. The Morgan fingerprint density at radius 1 is 1.31 bits per heavy atom. The van der Waals surface area contributed by atoms with Gasteiger partial charge in [0.2, 0.25) is 0 Å². The summed E-state index contributed by atoms with van der Waals surface area (Å²) in [6, 6.07) is 7.21. The van der Waals surface area contributed by atoms with E-state index in [1.54, 1.807) is 7.11 Å². The van der Waals surface area contributed by atoms with Crippen molar-refractivity contribution in [3.8, 4) is 5.75 Å². The number of ether oxygens (including phenoxy) is 2. The zero-order valence-corrected chi connectivity index (χ0v) is 18.7. The van der Waals surface area contributed by atoms with E-state index < -0.39 is 11.7 Å². The Balaban J connectivity index is 0.00000625. The second-order valence-electron chi connectivity index (χ2n) is 7.08. The van der Waals surface area contributed by atoms with Crippen LogP contribution in [0.15, 0.2) is 29.3 Å². The maximum atomic E-state index is 11.9. The average Bonchev–Trinajstić information content (AvgIpc) is 2.49. The minimum Gasteiger partial charge on any atom is -0.497 e. The number of hydrogen-bond acceptors (Lipinski definition) is 4. The van der Waals surface area contributed by atoms with Crippen LogP contribution in [-0.2, 0) is 4.74 Å². The fourth-order valence-corrected chi connectivity index (χ4v) is 1.97. The summed E-state index contributed by atoms with van der Waals surface area (Å²) >= 11 is 0. The highest BCUT2D eigenvalue weighted by atomic mass is 127. The van der Waals surface area contributed by atoms with Gasteiger partial charge in [-0.2, -0.15) is 0 Å². The second-order valence-corrected chi connectivity index (χ2v) is 7.08. The molecule has 7 nitrogen and oxygen atoms in total. The first-order valence-electron chi connectivity index (χ1n) is 8.31. The molecule has 1 atom stereocenters. The number of nitrogens with two attached hydrogens (primary N) is 1. The zero-order chi connectivity index (χ0) is 19.0. The van der Waals surface area contributed by atoms with Crippen molar-refractivity contribution < 1.29 is 14.3 Å². The fourth-order valence-electron chi connectivity index (χ4n) is 1.97. The lowest BCUT2D eigenvalue weighted by Gasteiger charge is -2.25. The Labute approximate surface area is 173 Å². The van der Waals surface area contributed by atoms with E-state index in [4.69, 9.17) is 15.2 Å². The molecule has 1 rings (SSSR count). The summed E-state index contributed by atoms with van der Waals surface area (Å²) in [5, 5.41) is 5.85. The highest BCUT2D eigenvalue weighted by molar-refractivity contribution is 14.0. The number of benzene rings is 1. The molecule has 0 aliphatic heterocycles. The van der Waals surface area contributed by atoms with E-state index >= 15 is 0 Å². The van der Waals surface area contributed by atoms with E-state index in [1.807, 2.05) is 58.9 Å². The van der Waals surface area contributed by atoms with E-state index in [-0.39, 0.29) is 41.9 Å². The number of methoxy groups -OCH3 is 1. The number of guanidine groups is 1. The summed E-state index contributed by atoms with van der Waals surface area (Å²) in [5.41, 5.74) is 6.17. The van der Waals surface area contributed by atoms with Gasteiger partial charge in [-0.25, -0.2) is 4.79 Å². The maximum absolute atomic E-state index is 11.9. The fraction of sp³-hybridized carbons (Fsp3) is 0.556. The van der Waals surface area contributed by atoms with Crippen molar-refractivity contribution in [2.75, 3.05) is 19.0 Å². The van der Waals surface area contributed by atoms with Crippen LogP contribution < -0.4 is 21.1 Å². The van der Waals surface area contributed by atoms with Crippen molar-refractivity contribution in [3.63, 3.8) is 0 Å². The van der Waals surface area contributed by atoms with Crippen LogP contribution in [0, 0.1) is 5.92 Å². The molecule has 0 bridgehead atoms. The molecule has 0 aliphatic carbocycles. The molecule has 0 aliphatic rings.